The Kier molecular flexibility index (Phi) is 5.46. The summed E-state index contributed by atoms with van der Waals surface area (Å²) in [5.41, 5.74) is 0.182. The van der Waals surface area contributed by atoms with Crippen LogP contribution in [0.1, 0.15) is 32.1 Å². The molecule has 1 unspecified atom stereocenters. The van der Waals surface area contributed by atoms with Gasteiger partial charge in [-0.3, -0.25) is 0 Å². The van der Waals surface area contributed by atoms with E-state index in [1.165, 1.54) is 4.88 Å². The highest BCUT2D eigenvalue weighted by molar-refractivity contribution is 7.10. The van der Waals surface area contributed by atoms with Gasteiger partial charge in [0.2, 0.25) is 0 Å². The van der Waals surface area contributed by atoms with Crippen LogP contribution in [0.3, 0.4) is 0 Å². The van der Waals surface area contributed by atoms with Gasteiger partial charge in [0.05, 0.1) is 0 Å². The molecule has 0 radical (unpaired) electrons. The zero-order valence-corrected chi connectivity index (χ0v) is 11.3. The minimum absolute atomic E-state index is 0.182. The van der Waals surface area contributed by atoms with Crippen LogP contribution in [0.15, 0.2) is 17.5 Å². The van der Waals surface area contributed by atoms with E-state index >= 15 is 0 Å². The van der Waals surface area contributed by atoms with Crippen LogP contribution < -0.4 is 5.32 Å². The zero-order chi connectivity index (χ0) is 12.0. The van der Waals surface area contributed by atoms with Crippen LogP contribution >= 0.6 is 11.3 Å². The van der Waals surface area contributed by atoms with E-state index < -0.39 is 0 Å². The quantitative estimate of drug-likeness (QED) is 0.769. The van der Waals surface area contributed by atoms with Gasteiger partial charge in [0.25, 0.3) is 0 Å². The average molecular weight is 241 g/mol. The second kappa shape index (κ2) is 6.38. The normalized spacial score (nSPS) is 14.0. The summed E-state index contributed by atoms with van der Waals surface area (Å²) in [6.45, 7) is 8.78. The Labute approximate surface area is 103 Å². The van der Waals surface area contributed by atoms with Gasteiger partial charge in [-0.25, -0.2) is 0 Å². The van der Waals surface area contributed by atoms with Crippen molar-refractivity contribution < 1.29 is 5.11 Å². The molecule has 0 aromatic carbocycles. The molecule has 3 heteroatoms. The number of thiophene rings is 1. The van der Waals surface area contributed by atoms with Crippen LogP contribution in [-0.4, -0.2) is 24.8 Å². The molecule has 16 heavy (non-hydrogen) atoms. The first kappa shape index (κ1) is 13.7. The molecule has 1 rings (SSSR count). The van der Waals surface area contributed by atoms with Crippen LogP contribution in [0.4, 0.5) is 0 Å². The number of nitrogens with one attached hydrogen (secondary N) is 1. The summed E-state index contributed by atoms with van der Waals surface area (Å²) in [7, 11) is 0. The van der Waals surface area contributed by atoms with E-state index in [1.807, 2.05) is 11.3 Å². The summed E-state index contributed by atoms with van der Waals surface area (Å²) in [4.78, 5) is 1.41. The second-order valence-corrected chi connectivity index (χ2v) is 5.90. The number of aliphatic hydroxyl groups is 1. The Morgan fingerprint density at radius 2 is 2.25 bits per heavy atom. The summed E-state index contributed by atoms with van der Waals surface area (Å²) in [6.07, 6.45) is 1.03. The summed E-state index contributed by atoms with van der Waals surface area (Å²) in [5.74, 6) is 0.388. The molecule has 1 aromatic heterocycles. The van der Waals surface area contributed by atoms with Crippen molar-refractivity contribution in [3.05, 3.63) is 22.4 Å². The summed E-state index contributed by atoms with van der Waals surface area (Å²) < 4.78 is 0. The van der Waals surface area contributed by atoms with E-state index in [-0.39, 0.29) is 12.0 Å². The standard InChI is InChI=1S/C13H23NOS/c1-4-11(9-15)8-14-10-13(2,3)12-6-5-7-16-12/h5-7,11,14-15H,4,8-10H2,1-3H3. The van der Waals surface area contributed by atoms with Crippen LogP contribution in [0.2, 0.25) is 0 Å². The van der Waals surface area contributed by atoms with Gasteiger partial charge in [0.1, 0.15) is 0 Å². The Morgan fingerprint density at radius 1 is 1.50 bits per heavy atom. The van der Waals surface area contributed by atoms with Gasteiger partial charge >= 0.3 is 0 Å². The largest absolute Gasteiger partial charge is 0.396 e. The fourth-order valence-corrected chi connectivity index (χ4v) is 2.53. The maximum atomic E-state index is 9.10. The lowest BCUT2D eigenvalue weighted by Gasteiger charge is -2.25. The number of aliphatic hydroxyl groups excluding tert-OH is 1. The summed E-state index contributed by atoms with van der Waals surface area (Å²) in [6, 6.07) is 4.29. The lowest BCUT2D eigenvalue weighted by atomic mass is 9.91. The van der Waals surface area contributed by atoms with Crippen molar-refractivity contribution in [1.82, 2.24) is 5.32 Å². The molecule has 1 atom stereocenters. The number of hydrogen-bond acceptors (Lipinski definition) is 3. The average Bonchev–Trinajstić information content (AvgIpc) is 2.78. The van der Waals surface area contributed by atoms with E-state index in [2.05, 4.69) is 43.6 Å². The summed E-state index contributed by atoms with van der Waals surface area (Å²) in [5, 5.41) is 14.7. The fraction of sp³-hybridized carbons (Fsp3) is 0.692. The highest BCUT2D eigenvalue weighted by atomic mass is 32.1. The maximum Gasteiger partial charge on any atom is 0.0471 e. The molecular formula is C13H23NOS. The molecule has 0 fully saturated rings. The third-order valence-corrected chi connectivity index (χ3v) is 4.26. The number of hydrogen-bond donors (Lipinski definition) is 2. The van der Waals surface area contributed by atoms with Gasteiger partial charge < -0.3 is 10.4 Å². The first-order chi connectivity index (χ1) is 7.60. The zero-order valence-electron chi connectivity index (χ0n) is 10.5. The number of rotatable bonds is 7. The van der Waals surface area contributed by atoms with E-state index in [0.29, 0.717) is 5.92 Å². The van der Waals surface area contributed by atoms with Crippen molar-refractivity contribution in [2.24, 2.45) is 5.92 Å². The molecule has 0 aliphatic rings. The summed E-state index contributed by atoms with van der Waals surface area (Å²) >= 11 is 1.81. The van der Waals surface area contributed by atoms with E-state index in [4.69, 9.17) is 5.11 Å². The molecule has 0 aliphatic carbocycles. The third kappa shape index (κ3) is 3.89. The predicted molar refractivity (Wildman–Crippen MR) is 71.1 cm³/mol. The first-order valence-corrected chi connectivity index (χ1v) is 6.83. The molecule has 2 nitrogen and oxygen atoms in total. The van der Waals surface area contributed by atoms with E-state index in [0.717, 1.165) is 19.5 Å². The van der Waals surface area contributed by atoms with Crippen molar-refractivity contribution in [3.63, 3.8) is 0 Å². The Bertz CT molecular complexity index is 278. The molecule has 92 valence electrons. The molecule has 0 amide bonds. The maximum absolute atomic E-state index is 9.10. The Morgan fingerprint density at radius 3 is 2.75 bits per heavy atom. The van der Waals surface area contributed by atoms with Crippen LogP contribution in [0.25, 0.3) is 0 Å². The predicted octanol–water partition coefficient (Wildman–Crippen LogP) is 2.63. The molecule has 0 bridgehead atoms. The Balaban J connectivity index is 2.37. The van der Waals surface area contributed by atoms with Gasteiger partial charge in [-0.1, -0.05) is 26.8 Å². The minimum Gasteiger partial charge on any atom is -0.396 e. The van der Waals surface area contributed by atoms with Gasteiger partial charge in [0.15, 0.2) is 0 Å². The van der Waals surface area contributed by atoms with Crippen LogP contribution in [-0.2, 0) is 5.41 Å². The smallest absolute Gasteiger partial charge is 0.0471 e. The van der Waals surface area contributed by atoms with Crippen molar-refractivity contribution in [1.29, 1.82) is 0 Å². The fourth-order valence-electron chi connectivity index (χ4n) is 1.68. The second-order valence-electron chi connectivity index (χ2n) is 4.95. The van der Waals surface area contributed by atoms with E-state index in [1.54, 1.807) is 0 Å². The monoisotopic (exact) mass is 241 g/mol. The van der Waals surface area contributed by atoms with Crippen LogP contribution in [0, 0.1) is 5.92 Å². The molecule has 0 aliphatic heterocycles. The highest BCUT2D eigenvalue weighted by Crippen LogP contribution is 2.26. The molecule has 0 saturated carbocycles. The molecule has 0 spiro atoms. The van der Waals surface area contributed by atoms with Crippen molar-refractivity contribution in [3.8, 4) is 0 Å². The lowest BCUT2D eigenvalue weighted by molar-refractivity contribution is 0.217. The van der Waals surface area contributed by atoms with Crippen molar-refractivity contribution in [2.45, 2.75) is 32.6 Å². The Hall–Kier alpha value is -0.380. The molecule has 1 aromatic rings. The van der Waals surface area contributed by atoms with Gasteiger partial charge in [-0.15, -0.1) is 11.3 Å². The molecule has 1 heterocycles. The van der Waals surface area contributed by atoms with Gasteiger partial charge in [0, 0.05) is 30.0 Å². The third-order valence-electron chi connectivity index (χ3n) is 3.02. The van der Waals surface area contributed by atoms with Gasteiger partial charge in [-0.05, 0) is 23.8 Å². The highest BCUT2D eigenvalue weighted by Gasteiger charge is 2.21. The van der Waals surface area contributed by atoms with E-state index in [9.17, 15) is 0 Å². The van der Waals surface area contributed by atoms with Crippen molar-refractivity contribution >= 4 is 11.3 Å². The SMILES string of the molecule is CCC(CO)CNCC(C)(C)c1cccs1. The topological polar surface area (TPSA) is 32.3 Å². The first-order valence-electron chi connectivity index (χ1n) is 5.95. The molecule has 2 N–H and O–H groups in total. The minimum atomic E-state index is 0.182. The van der Waals surface area contributed by atoms with Crippen molar-refractivity contribution in [2.75, 3.05) is 19.7 Å². The van der Waals surface area contributed by atoms with Gasteiger partial charge in [-0.2, -0.15) is 0 Å². The molecular weight excluding hydrogens is 218 g/mol. The molecule has 0 saturated heterocycles. The van der Waals surface area contributed by atoms with Crippen LogP contribution in [0.5, 0.6) is 0 Å². The lowest BCUT2D eigenvalue weighted by Crippen LogP contribution is -2.35.